The van der Waals surface area contributed by atoms with Crippen LogP contribution in [0.1, 0.15) is 264 Å². The predicted molar refractivity (Wildman–Crippen MR) is 318 cm³/mol. The van der Waals surface area contributed by atoms with Crippen LogP contribution in [0.3, 0.4) is 0 Å². The molecule has 12 unspecified atom stereocenters. The van der Waals surface area contributed by atoms with Gasteiger partial charge in [0.25, 0.3) is 0 Å². The standard InChI is InChI=1S/C65H119NO13/c1-3-5-7-9-11-13-15-17-18-19-20-21-22-23-24-25-26-27-28-29-30-31-32-33-34-35-37-38-40-42-44-46-48-54(69)53(66-57(70)49-47-45-43-41-39-36-16-14-12-10-8-6-4-2)52-76-64-62(75)60(73)63(56(51-68)78-64)79-65-61(74)59(72)58(71)55(50-67)77-65/h14,16,33-34,38,40,46,48,53-56,58-65,67-69,71-75H,3-13,15,17-32,35-37,39,41-45,47,49-52H2,1-2H3,(H,66,70)/b16-14-,34-33+,40-38+,48-46+. The Morgan fingerprint density at radius 3 is 1.25 bits per heavy atom. The van der Waals surface area contributed by atoms with Crippen molar-refractivity contribution in [2.75, 3.05) is 19.8 Å². The lowest BCUT2D eigenvalue weighted by molar-refractivity contribution is -0.359. The quantitative estimate of drug-likeness (QED) is 0.0204. The molecule has 0 aliphatic carbocycles. The van der Waals surface area contributed by atoms with Crippen molar-refractivity contribution in [3.05, 3.63) is 48.6 Å². The van der Waals surface area contributed by atoms with Crippen LogP contribution in [0.15, 0.2) is 48.6 Å². The molecule has 0 bridgehead atoms. The van der Waals surface area contributed by atoms with Crippen LogP contribution >= 0.6 is 0 Å². The van der Waals surface area contributed by atoms with Gasteiger partial charge in [-0.25, -0.2) is 0 Å². The highest BCUT2D eigenvalue weighted by Crippen LogP contribution is 2.30. The van der Waals surface area contributed by atoms with E-state index >= 15 is 0 Å². The Bertz CT molecular complexity index is 1510. The van der Waals surface area contributed by atoms with Gasteiger partial charge in [-0.05, 0) is 70.6 Å². The minimum Gasteiger partial charge on any atom is -0.394 e. The summed E-state index contributed by atoms with van der Waals surface area (Å²) in [5.41, 5.74) is 0. The van der Waals surface area contributed by atoms with Crippen LogP contribution in [0.2, 0.25) is 0 Å². The van der Waals surface area contributed by atoms with E-state index in [9.17, 15) is 45.6 Å². The Balaban J connectivity index is 1.69. The first kappa shape index (κ1) is 73.1. The first-order chi connectivity index (χ1) is 38.6. The SMILES string of the molecule is CCCCCC/C=C\CCCCCCCC(=O)NC(COC1OC(CO)C(OC2OC(CO)C(O)C(O)C2O)C(O)C1O)C(O)/C=C/CC/C=C/CC/C=C/CCCCCCCCCCCCCCCCCCCCCCCC. The number of carbonyl (C=O) groups is 1. The van der Waals surface area contributed by atoms with Crippen LogP contribution in [0.5, 0.6) is 0 Å². The van der Waals surface area contributed by atoms with E-state index in [1.807, 2.05) is 6.08 Å². The van der Waals surface area contributed by atoms with Crippen LogP contribution < -0.4 is 5.32 Å². The summed E-state index contributed by atoms with van der Waals surface area (Å²) in [5.74, 6) is -0.263. The second kappa shape index (κ2) is 50.5. The van der Waals surface area contributed by atoms with E-state index in [1.54, 1.807) is 6.08 Å². The normalized spacial score (nSPS) is 24.7. The fourth-order valence-corrected chi connectivity index (χ4v) is 10.5. The molecule has 79 heavy (non-hydrogen) atoms. The molecule has 0 saturated carbocycles. The monoisotopic (exact) mass is 1120 g/mol. The fraction of sp³-hybridized carbons (Fsp3) is 0.862. The number of hydrogen-bond acceptors (Lipinski definition) is 13. The van der Waals surface area contributed by atoms with Crippen molar-refractivity contribution in [1.82, 2.24) is 5.32 Å². The number of amides is 1. The minimum atomic E-state index is -1.79. The number of ether oxygens (including phenoxy) is 4. The van der Waals surface area contributed by atoms with Gasteiger partial charge in [0, 0.05) is 6.42 Å². The van der Waals surface area contributed by atoms with Crippen LogP contribution in [0.25, 0.3) is 0 Å². The smallest absolute Gasteiger partial charge is 0.220 e. The lowest BCUT2D eigenvalue weighted by atomic mass is 9.97. The zero-order valence-corrected chi connectivity index (χ0v) is 49.9. The molecule has 2 rings (SSSR count). The molecule has 0 radical (unpaired) electrons. The average molecular weight is 1120 g/mol. The molecule has 2 saturated heterocycles. The van der Waals surface area contributed by atoms with Gasteiger partial charge in [0.15, 0.2) is 12.6 Å². The second-order valence-electron chi connectivity index (χ2n) is 22.9. The second-order valence-corrected chi connectivity index (χ2v) is 22.9. The van der Waals surface area contributed by atoms with E-state index in [-0.39, 0.29) is 18.9 Å². The third-order valence-electron chi connectivity index (χ3n) is 15.7. The summed E-state index contributed by atoms with van der Waals surface area (Å²) >= 11 is 0. The molecular formula is C65H119NO13. The highest BCUT2D eigenvalue weighted by Gasteiger charge is 2.51. The number of allylic oxidation sites excluding steroid dienone is 7. The van der Waals surface area contributed by atoms with Crippen molar-refractivity contribution in [3.8, 4) is 0 Å². The molecule has 2 aliphatic rings. The number of rotatable bonds is 52. The number of carbonyl (C=O) groups excluding carboxylic acids is 1. The zero-order chi connectivity index (χ0) is 57.4. The molecule has 0 aromatic rings. The third kappa shape index (κ3) is 35.6. The van der Waals surface area contributed by atoms with E-state index < -0.39 is 86.8 Å². The van der Waals surface area contributed by atoms with Crippen molar-refractivity contribution in [2.45, 2.75) is 338 Å². The summed E-state index contributed by atoms with van der Waals surface area (Å²) in [6.45, 7) is 2.76. The molecule has 462 valence electrons. The summed E-state index contributed by atoms with van der Waals surface area (Å²) in [7, 11) is 0. The topological polar surface area (TPSA) is 228 Å². The molecule has 2 aliphatic heterocycles. The maximum atomic E-state index is 13.2. The van der Waals surface area contributed by atoms with E-state index in [4.69, 9.17) is 18.9 Å². The Labute approximate surface area is 480 Å². The van der Waals surface area contributed by atoms with Gasteiger partial charge >= 0.3 is 0 Å². The maximum Gasteiger partial charge on any atom is 0.220 e. The summed E-state index contributed by atoms with van der Waals surface area (Å²) in [6.07, 6.45) is 47.6. The molecule has 14 heteroatoms. The molecule has 9 N–H and O–H groups in total. The molecule has 0 aromatic heterocycles. The van der Waals surface area contributed by atoms with Crippen LogP contribution in [-0.4, -0.2) is 140 Å². The minimum absolute atomic E-state index is 0.259. The lowest BCUT2D eigenvalue weighted by Crippen LogP contribution is -2.65. The van der Waals surface area contributed by atoms with Gasteiger partial charge in [-0.1, -0.05) is 236 Å². The molecule has 0 spiro atoms. The largest absolute Gasteiger partial charge is 0.394 e. The highest BCUT2D eigenvalue weighted by molar-refractivity contribution is 5.76. The summed E-state index contributed by atoms with van der Waals surface area (Å²) in [6, 6.07) is -0.943. The number of aliphatic hydroxyl groups is 8. The number of nitrogens with one attached hydrogen (secondary N) is 1. The maximum absolute atomic E-state index is 13.2. The summed E-state index contributed by atoms with van der Waals surface area (Å²) in [5, 5.41) is 87.1. The predicted octanol–water partition coefficient (Wildman–Crippen LogP) is 12.0. The number of hydrogen-bond donors (Lipinski definition) is 9. The molecular weight excluding hydrogens is 1000 g/mol. The Hall–Kier alpha value is -2.05. The Morgan fingerprint density at radius 1 is 0.443 bits per heavy atom. The van der Waals surface area contributed by atoms with Crippen molar-refractivity contribution < 1.29 is 64.6 Å². The molecule has 14 nitrogen and oxygen atoms in total. The molecule has 2 fully saturated rings. The number of unbranched alkanes of at least 4 members (excludes halogenated alkanes) is 33. The Morgan fingerprint density at radius 2 is 0.810 bits per heavy atom. The average Bonchev–Trinajstić information content (AvgIpc) is 3.45. The van der Waals surface area contributed by atoms with Crippen molar-refractivity contribution >= 4 is 5.91 Å². The van der Waals surface area contributed by atoms with Crippen LogP contribution in [0, 0.1) is 0 Å². The van der Waals surface area contributed by atoms with Gasteiger partial charge in [0.05, 0.1) is 32.0 Å². The van der Waals surface area contributed by atoms with Crippen molar-refractivity contribution in [1.29, 1.82) is 0 Å². The van der Waals surface area contributed by atoms with Gasteiger partial charge < -0.3 is 65.1 Å². The first-order valence-corrected chi connectivity index (χ1v) is 32.4. The first-order valence-electron chi connectivity index (χ1n) is 32.4. The summed E-state index contributed by atoms with van der Waals surface area (Å²) < 4.78 is 22.7. The van der Waals surface area contributed by atoms with E-state index in [0.29, 0.717) is 12.8 Å². The fourth-order valence-electron chi connectivity index (χ4n) is 10.5. The van der Waals surface area contributed by atoms with E-state index in [2.05, 4.69) is 55.6 Å². The van der Waals surface area contributed by atoms with E-state index in [1.165, 1.54) is 167 Å². The molecule has 0 aromatic carbocycles. The summed E-state index contributed by atoms with van der Waals surface area (Å²) in [4.78, 5) is 13.2. The lowest BCUT2D eigenvalue weighted by Gasteiger charge is -2.46. The highest BCUT2D eigenvalue weighted by atomic mass is 16.7. The van der Waals surface area contributed by atoms with Gasteiger partial charge in [0.1, 0.15) is 48.8 Å². The van der Waals surface area contributed by atoms with Crippen molar-refractivity contribution in [3.63, 3.8) is 0 Å². The third-order valence-corrected chi connectivity index (χ3v) is 15.7. The molecule has 12 atom stereocenters. The van der Waals surface area contributed by atoms with E-state index in [0.717, 1.165) is 64.2 Å². The molecule has 1 amide bonds. The van der Waals surface area contributed by atoms with Crippen molar-refractivity contribution in [2.24, 2.45) is 0 Å². The van der Waals surface area contributed by atoms with Crippen LogP contribution in [0.4, 0.5) is 0 Å². The number of aliphatic hydroxyl groups excluding tert-OH is 8. The van der Waals surface area contributed by atoms with Crippen LogP contribution in [-0.2, 0) is 23.7 Å². The Kier molecular flexibility index (Phi) is 46.7. The van der Waals surface area contributed by atoms with Gasteiger partial charge in [-0.3, -0.25) is 4.79 Å². The van der Waals surface area contributed by atoms with Gasteiger partial charge in [0.2, 0.25) is 5.91 Å². The van der Waals surface area contributed by atoms with Gasteiger partial charge in [-0.2, -0.15) is 0 Å². The molecule has 2 heterocycles. The van der Waals surface area contributed by atoms with Gasteiger partial charge in [-0.15, -0.1) is 0 Å². The zero-order valence-electron chi connectivity index (χ0n) is 49.9.